The van der Waals surface area contributed by atoms with Gasteiger partial charge in [0.1, 0.15) is 0 Å². The van der Waals surface area contributed by atoms with E-state index in [0.717, 1.165) is 0 Å². The summed E-state index contributed by atoms with van der Waals surface area (Å²) in [6.45, 7) is 5.05. The number of fused-ring (bicyclic) bond motifs is 2. The summed E-state index contributed by atoms with van der Waals surface area (Å²) in [4.78, 5) is 0. The van der Waals surface area contributed by atoms with Crippen molar-refractivity contribution in [3.63, 3.8) is 0 Å². The molecule has 1 aromatic rings. The van der Waals surface area contributed by atoms with Gasteiger partial charge >= 0.3 is 0 Å². The molecule has 0 aromatic heterocycles. The molecule has 2 atom stereocenters. The van der Waals surface area contributed by atoms with Crippen LogP contribution in [-0.4, -0.2) is 8.07 Å². The molecule has 24 heavy (non-hydrogen) atoms. The van der Waals surface area contributed by atoms with Crippen molar-refractivity contribution < 1.29 is 50.7 Å². The topological polar surface area (TPSA) is 0 Å². The summed E-state index contributed by atoms with van der Waals surface area (Å²) >= 11 is 0. The van der Waals surface area contributed by atoms with E-state index in [1.165, 1.54) is 16.7 Å². The van der Waals surface area contributed by atoms with Gasteiger partial charge in [0.25, 0.3) is 0 Å². The minimum absolute atomic E-state index is 0. The van der Waals surface area contributed by atoms with E-state index in [2.05, 4.69) is 86.0 Å². The molecule has 0 heterocycles. The third-order valence-corrected chi connectivity index (χ3v) is 9.20. The van der Waals surface area contributed by atoms with Crippen LogP contribution in [0, 0.1) is 5.92 Å². The van der Waals surface area contributed by atoms with E-state index >= 15 is 0 Å². The van der Waals surface area contributed by atoms with Crippen molar-refractivity contribution in [1.29, 1.82) is 0 Å². The second-order valence-electron chi connectivity index (χ2n) is 6.70. The zero-order valence-electron chi connectivity index (χ0n) is 13.8. The normalized spacial score (nSPS) is 22.4. The maximum Gasteiger partial charge on any atom is 0.0881 e. The number of rotatable bonds is 2. The van der Waals surface area contributed by atoms with E-state index in [9.17, 15) is 0 Å². The van der Waals surface area contributed by atoms with Crippen LogP contribution in [0.2, 0.25) is 13.1 Å². The standard InChI is InChI=1S/C20H20Si.2ClH.Hf/c1-21(2,19-13-11-15-7-3-5-9-17(15)19)20-14-12-16-8-4-6-10-18(16)20;;;/h3-14,17,20H,1-2H3;2*1H;/p-2. The third-order valence-electron chi connectivity index (χ3n) is 5.17. The molecule has 0 saturated carbocycles. The molecule has 4 rings (SSSR count). The fourth-order valence-electron chi connectivity index (χ4n) is 3.96. The van der Waals surface area contributed by atoms with Gasteiger partial charge in [-0.1, -0.05) is 91.2 Å². The molecule has 3 aliphatic rings. The molecule has 0 N–H and O–H groups in total. The quantitative estimate of drug-likeness (QED) is 0.434. The Balaban J connectivity index is 0.000000960. The van der Waals surface area contributed by atoms with Gasteiger partial charge < -0.3 is 24.8 Å². The average Bonchev–Trinajstić information content (AvgIpc) is 3.12. The smallest absolute Gasteiger partial charge is 0.0881 e. The summed E-state index contributed by atoms with van der Waals surface area (Å²) in [6.07, 6.45) is 18.5. The first-order valence-corrected chi connectivity index (χ1v) is 10.8. The Morgan fingerprint density at radius 3 is 2.42 bits per heavy atom. The molecular weight excluding hydrogens is 518 g/mol. The van der Waals surface area contributed by atoms with Crippen molar-refractivity contribution in [2.24, 2.45) is 5.92 Å². The Hall–Kier alpha value is -0.413. The van der Waals surface area contributed by atoms with E-state index in [4.69, 9.17) is 0 Å². The van der Waals surface area contributed by atoms with Crippen LogP contribution in [0.3, 0.4) is 0 Å². The van der Waals surface area contributed by atoms with Crippen LogP contribution in [0.4, 0.5) is 0 Å². The predicted molar refractivity (Wildman–Crippen MR) is 93.6 cm³/mol. The Bertz CT molecular complexity index is 757. The van der Waals surface area contributed by atoms with Crippen LogP contribution in [0.25, 0.3) is 6.08 Å². The summed E-state index contributed by atoms with van der Waals surface area (Å²) in [5.41, 5.74) is 5.00. The monoisotopic (exact) mass is 538 g/mol. The van der Waals surface area contributed by atoms with E-state index in [0.29, 0.717) is 11.5 Å². The average molecular weight is 538 g/mol. The van der Waals surface area contributed by atoms with Crippen LogP contribution < -0.4 is 24.8 Å². The number of hydrogen-bond donors (Lipinski definition) is 0. The van der Waals surface area contributed by atoms with Crippen LogP contribution in [0.15, 0.2) is 77.6 Å². The Morgan fingerprint density at radius 2 is 1.62 bits per heavy atom. The van der Waals surface area contributed by atoms with Crippen molar-refractivity contribution in [2.75, 3.05) is 0 Å². The number of halogens is 2. The second-order valence-corrected chi connectivity index (χ2v) is 11.3. The van der Waals surface area contributed by atoms with Gasteiger partial charge in [-0.15, -0.1) is 0 Å². The summed E-state index contributed by atoms with van der Waals surface area (Å²) in [5, 5.41) is 1.67. The van der Waals surface area contributed by atoms with E-state index < -0.39 is 8.07 Å². The number of hydrogen-bond acceptors (Lipinski definition) is 0. The first-order chi connectivity index (χ1) is 10.2. The molecule has 3 aliphatic carbocycles. The number of benzene rings is 1. The van der Waals surface area contributed by atoms with Crippen LogP contribution in [0.1, 0.15) is 16.7 Å². The van der Waals surface area contributed by atoms with Gasteiger partial charge in [-0.3, -0.25) is 0 Å². The molecule has 0 amide bonds. The SMILES string of the molecule is C[Si](C)(C1=CC=C2C=CC=CC21)C1C=Cc2ccccc21.[Cl-].[Cl-].[Hf]. The number of allylic oxidation sites excluding steroid dienone is 9. The van der Waals surface area contributed by atoms with Crippen LogP contribution in [0.5, 0.6) is 0 Å². The van der Waals surface area contributed by atoms with Gasteiger partial charge in [-0.05, 0) is 16.7 Å². The van der Waals surface area contributed by atoms with Gasteiger partial charge in [0, 0.05) is 37.3 Å². The second kappa shape index (κ2) is 8.31. The molecule has 4 heteroatoms. The van der Waals surface area contributed by atoms with E-state index in [1.54, 1.807) is 5.20 Å². The molecular formula is C20H20Cl2HfSi-2. The van der Waals surface area contributed by atoms with Crippen molar-refractivity contribution in [2.45, 2.75) is 18.6 Å². The molecule has 124 valence electrons. The van der Waals surface area contributed by atoms with Crippen molar-refractivity contribution in [1.82, 2.24) is 0 Å². The van der Waals surface area contributed by atoms with E-state index in [1.807, 2.05) is 0 Å². The molecule has 0 nitrogen and oxygen atoms in total. The fraction of sp³-hybridized carbons (Fsp3) is 0.200. The molecule has 0 fully saturated rings. The molecule has 1 aromatic carbocycles. The molecule has 0 radical (unpaired) electrons. The molecule has 0 saturated heterocycles. The summed E-state index contributed by atoms with van der Waals surface area (Å²) in [6, 6.07) is 8.88. The van der Waals surface area contributed by atoms with Crippen LogP contribution in [-0.2, 0) is 25.8 Å². The Labute approximate surface area is 177 Å². The Kier molecular flexibility index (Phi) is 7.49. The maximum atomic E-state index is 2.53. The minimum atomic E-state index is -1.56. The van der Waals surface area contributed by atoms with Crippen molar-refractivity contribution in [3.8, 4) is 0 Å². The Morgan fingerprint density at radius 1 is 0.875 bits per heavy atom. The molecule has 0 spiro atoms. The molecule has 2 unspecified atom stereocenters. The maximum absolute atomic E-state index is 2.53. The molecule has 0 bridgehead atoms. The third kappa shape index (κ3) is 3.44. The van der Waals surface area contributed by atoms with Gasteiger partial charge in [-0.25, -0.2) is 0 Å². The first-order valence-electron chi connectivity index (χ1n) is 7.72. The van der Waals surface area contributed by atoms with Crippen molar-refractivity contribution >= 4 is 14.1 Å². The summed E-state index contributed by atoms with van der Waals surface area (Å²) in [7, 11) is -1.56. The summed E-state index contributed by atoms with van der Waals surface area (Å²) in [5.74, 6) is 0.526. The zero-order valence-corrected chi connectivity index (χ0v) is 19.9. The van der Waals surface area contributed by atoms with Gasteiger partial charge in [-0.2, -0.15) is 0 Å². The summed E-state index contributed by atoms with van der Waals surface area (Å²) < 4.78 is 0. The van der Waals surface area contributed by atoms with Crippen LogP contribution >= 0.6 is 0 Å². The van der Waals surface area contributed by atoms with Gasteiger partial charge in [0.2, 0.25) is 0 Å². The zero-order chi connectivity index (χ0) is 14.4. The largest absolute Gasteiger partial charge is 1.00 e. The van der Waals surface area contributed by atoms with Gasteiger partial charge in [0.05, 0.1) is 8.07 Å². The fourth-order valence-corrected chi connectivity index (χ4v) is 7.52. The first kappa shape index (κ1) is 21.6. The van der Waals surface area contributed by atoms with Crippen molar-refractivity contribution in [3.05, 3.63) is 88.7 Å². The molecule has 0 aliphatic heterocycles. The predicted octanol–water partition coefficient (Wildman–Crippen LogP) is -0.802. The van der Waals surface area contributed by atoms with E-state index in [-0.39, 0.29) is 50.7 Å². The van der Waals surface area contributed by atoms with Gasteiger partial charge in [0.15, 0.2) is 0 Å². The minimum Gasteiger partial charge on any atom is -1.00 e.